The predicted octanol–water partition coefficient (Wildman–Crippen LogP) is 2.22. The van der Waals surface area contributed by atoms with Crippen molar-refractivity contribution in [2.24, 2.45) is 23.5 Å². The summed E-state index contributed by atoms with van der Waals surface area (Å²) in [6.45, 7) is 0.103. The van der Waals surface area contributed by atoms with Gasteiger partial charge in [-0.15, -0.1) is 0 Å². The molecule has 118 valence electrons. The van der Waals surface area contributed by atoms with Crippen LogP contribution in [0.5, 0.6) is 0 Å². The minimum absolute atomic E-state index is 0.0329. The van der Waals surface area contributed by atoms with E-state index in [0.29, 0.717) is 13.0 Å². The van der Waals surface area contributed by atoms with Crippen LogP contribution in [0.15, 0.2) is 0 Å². The summed E-state index contributed by atoms with van der Waals surface area (Å²) in [5, 5.41) is 1.77. The number of alkyl halides is 6. The highest BCUT2D eigenvalue weighted by Gasteiger charge is 2.61. The zero-order chi connectivity index (χ0) is 15.6. The zero-order valence-corrected chi connectivity index (χ0v) is 10.5. The van der Waals surface area contributed by atoms with Crippen molar-refractivity contribution in [3.05, 3.63) is 0 Å². The molecule has 2 unspecified atom stereocenters. The van der Waals surface area contributed by atoms with E-state index in [1.54, 1.807) is 5.32 Å². The summed E-state index contributed by atoms with van der Waals surface area (Å²) in [5.74, 6) is -6.16. The zero-order valence-electron chi connectivity index (χ0n) is 10.5. The maximum absolute atomic E-state index is 12.3. The molecule has 0 spiro atoms. The Morgan fingerprint density at radius 3 is 2.05 bits per heavy atom. The van der Waals surface area contributed by atoms with Crippen molar-refractivity contribution in [2.75, 3.05) is 13.1 Å². The average molecular weight is 306 g/mol. The smallest absolute Gasteiger partial charge is 0.355 e. The van der Waals surface area contributed by atoms with Crippen LogP contribution < -0.4 is 11.1 Å². The molecule has 0 aromatic heterocycles. The predicted molar refractivity (Wildman–Crippen MR) is 58.5 cm³/mol. The van der Waals surface area contributed by atoms with Gasteiger partial charge in [0.05, 0.1) is 0 Å². The molecule has 1 aliphatic carbocycles. The van der Waals surface area contributed by atoms with Gasteiger partial charge in [0.2, 0.25) is 11.8 Å². The third-order valence-corrected chi connectivity index (χ3v) is 3.57. The summed E-state index contributed by atoms with van der Waals surface area (Å²) >= 11 is 0. The molecule has 0 heterocycles. The summed E-state index contributed by atoms with van der Waals surface area (Å²) in [5.41, 5.74) is 5.46. The van der Waals surface area contributed by atoms with E-state index in [1.807, 2.05) is 0 Å². The first-order valence-electron chi connectivity index (χ1n) is 6.18. The topological polar surface area (TPSA) is 55.1 Å². The van der Waals surface area contributed by atoms with Gasteiger partial charge in [-0.05, 0) is 31.2 Å². The molecule has 0 aromatic carbocycles. The van der Waals surface area contributed by atoms with E-state index in [2.05, 4.69) is 0 Å². The normalized spacial score (nSPS) is 24.2. The maximum Gasteiger partial charge on any atom is 0.409 e. The maximum atomic E-state index is 12.3. The highest BCUT2D eigenvalue weighted by atomic mass is 19.4. The van der Waals surface area contributed by atoms with Gasteiger partial charge in [0, 0.05) is 6.54 Å². The van der Waals surface area contributed by atoms with Crippen LogP contribution in [0.2, 0.25) is 0 Å². The van der Waals surface area contributed by atoms with Crippen LogP contribution in [-0.4, -0.2) is 31.3 Å². The molecule has 0 aromatic rings. The van der Waals surface area contributed by atoms with Gasteiger partial charge in [-0.25, -0.2) is 0 Å². The summed E-state index contributed by atoms with van der Waals surface area (Å²) in [4.78, 5) is 11.2. The van der Waals surface area contributed by atoms with Crippen molar-refractivity contribution in [1.29, 1.82) is 0 Å². The first kappa shape index (κ1) is 17.1. The summed E-state index contributed by atoms with van der Waals surface area (Å²) in [7, 11) is 0. The largest absolute Gasteiger partial charge is 0.409 e. The highest BCUT2D eigenvalue weighted by molar-refractivity contribution is 5.80. The molecule has 0 aliphatic heterocycles. The number of hydrogen-bond donors (Lipinski definition) is 2. The second-order valence-corrected chi connectivity index (χ2v) is 4.95. The summed E-state index contributed by atoms with van der Waals surface area (Å²) in [6.07, 6.45) is -9.06. The van der Waals surface area contributed by atoms with Gasteiger partial charge in [-0.2, -0.15) is 26.3 Å². The molecule has 1 rings (SSSR count). The Kier molecular flexibility index (Phi) is 5.28. The number of nitrogens with one attached hydrogen (secondary N) is 1. The van der Waals surface area contributed by atoms with E-state index >= 15 is 0 Å². The summed E-state index contributed by atoms with van der Waals surface area (Å²) < 4.78 is 73.9. The average Bonchev–Trinajstić information content (AvgIpc) is 2.69. The number of carbonyl (C=O) groups excluding carboxylic acids is 1. The Bertz CT molecular complexity index is 327. The van der Waals surface area contributed by atoms with E-state index in [9.17, 15) is 31.1 Å². The minimum atomic E-state index is -5.65. The van der Waals surface area contributed by atoms with E-state index in [1.165, 1.54) is 0 Å². The second-order valence-electron chi connectivity index (χ2n) is 4.95. The van der Waals surface area contributed by atoms with Crippen molar-refractivity contribution >= 4 is 5.91 Å². The number of amides is 1. The van der Waals surface area contributed by atoms with Gasteiger partial charge < -0.3 is 11.1 Å². The lowest BCUT2D eigenvalue weighted by Crippen LogP contribution is -2.49. The molecule has 3 N–H and O–H groups in total. The van der Waals surface area contributed by atoms with Gasteiger partial charge in [-0.3, -0.25) is 4.79 Å². The number of hydrogen-bond acceptors (Lipinski definition) is 2. The Morgan fingerprint density at radius 1 is 1.10 bits per heavy atom. The third kappa shape index (κ3) is 4.26. The first-order chi connectivity index (χ1) is 9.07. The fourth-order valence-corrected chi connectivity index (χ4v) is 2.51. The van der Waals surface area contributed by atoms with Gasteiger partial charge in [0.1, 0.15) is 0 Å². The lowest BCUT2D eigenvalue weighted by molar-refractivity contribution is -0.274. The molecular weight excluding hydrogens is 290 g/mol. The minimum Gasteiger partial charge on any atom is -0.355 e. The van der Waals surface area contributed by atoms with Gasteiger partial charge in [-0.1, -0.05) is 6.42 Å². The fraction of sp³-hybridized carbons (Fsp3) is 0.909. The molecule has 3 nitrogen and oxygen atoms in total. The van der Waals surface area contributed by atoms with Crippen LogP contribution in [0, 0.1) is 17.8 Å². The Morgan fingerprint density at radius 2 is 1.60 bits per heavy atom. The van der Waals surface area contributed by atoms with Crippen LogP contribution in [0.4, 0.5) is 26.3 Å². The van der Waals surface area contributed by atoms with E-state index in [-0.39, 0.29) is 18.4 Å². The highest BCUT2D eigenvalue weighted by Crippen LogP contribution is 2.39. The van der Waals surface area contributed by atoms with E-state index in [4.69, 9.17) is 5.73 Å². The Labute approximate surface area is 111 Å². The third-order valence-electron chi connectivity index (χ3n) is 3.57. The van der Waals surface area contributed by atoms with Crippen LogP contribution in [0.3, 0.4) is 0 Å². The molecular formula is C11H16F6N2O. The van der Waals surface area contributed by atoms with E-state index in [0.717, 1.165) is 12.8 Å². The van der Waals surface area contributed by atoms with E-state index < -0.39 is 24.2 Å². The standard InChI is InChI=1S/C11H16F6N2O/c12-10(13,14)8(11(15,16)17)9(20)19-5-7-3-1-2-6(7)4-18/h6-8H,1-5,18H2,(H,19,20). The monoisotopic (exact) mass is 306 g/mol. The molecule has 0 radical (unpaired) electrons. The summed E-state index contributed by atoms with van der Waals surface area (Å²) in [6, 6.07) is 0. The molecule has 1 aliphatic rings. The van der Waals surface area contributed by atoms with Crippen molar-refractivity contribution in [2.45, 2.75) is 31.6 Å². The number of nitrogens with two attached hydrogens (primary N) is 1. The molecule has 0 bridgehead atoms. The quantitative estimate of drug-likeness (QED) is 0.783. The lowest BCUT2D eigenvalue weighted by Gasteiger charge is -2.24. The number of rotatable bonds is 4. The lowest BCUT2D eigenvalue weighted by atomic mass is 9.96. The van der Waals surface area contributed by atoms with Crippen molar-refractivity contribution in [3.63, 3.8) is 0 Å². The Balaban J connectivity index is 2.64. The molecule has 1 saturated carbocycles. The van der Waals surface area contributed by atoms with Gasteiger partial charge >= 0.3 is 12.4 Å². The first-order valence-corrected chi connectivity index (χ1v) is 6.18. The SMILES string of the molecule is NCC1CCCC1CNC(=O)C(C(F)(F)F)C(F)(F)F. The molecule has 20 heavy (non-hydrogen) atoms. The van der Waals surface area contributed by atoms with Crippen molar-refractivity contribution < 1.29 is 31.1 Å². The van der Waals surface area contributed by atoms with Gasteiger partial charge in [0.15, 0.2) is 0 Å². The van der Waals surface area contributed by atoms with Gasteiger partial charge in [0.25, 0.3) is 0 Å². The van der Waals surface area contributed by atoms with Crippen molar-refractivity contribution in [3.8, 4) is 0 Å². The second kappa shape index (κ2) is 6.19. The van der Waals surface area contributed by atoms with Crippen LogP contribution in [-0.2, 0) is 4.79 Å². The number of halogens is 6. The van der Waals surface area contributed by atoms with Crippen LogP contribution >= 0.6 is 0 Å². The van der Waals surface area contributed by atoms with Crippen LogP contribution in [0.1, 0.15) is 19.3 Å². The molecule has 0 saturated heterocycles. The van der Waals surface area contributed by atoms with Crippen LogP contribution in [0.25, 0.3) is 0 Å². The molecule has 2 atom stereocenters. The molecule has 1 fully saturated rings. The molecule has 9 heteroatoms. The number of carbonyl (C=O) groups is 1. The Hall–Kier alpha value is -0.990. The molecule has 1 amide bonds. The fourth-order valence-electron chi connectivity index (χ4n) is 2.51. The van der Waals surface area contributed by atoms with Crippen molar-refractivity contribution in [1.82, 2.24) is 5.32 Å².